The van der Waals surface area contributed by atoms with Crippen LogP contribution in [0.4, 0.5) is 10.1 Å². The molecule has 2 aromatic carbocycles. The van der Waals surface area contributed by atoms with Gasteiger partial charge in [-0.15, -0.1) is 0 Å². The predicted octanol–water partition coefficient (Wildman–Crippen LogP) is 3.61. The van der Waals surface area contributed by atoms with E-state index in [-0.39, 0.29) is 17.5 Å². The van der Waals surface area contributed by atoms with Crippen LogP contribution in [0.1, 0.15) is 17.7 Å². The topological polar surface area (TPSA) is 75.6 Å². The molecule has 7 heteroatoms. The fourth-order valence-electron chi connectivity index (χ4n) is 4.12. The van der Waals surface area contributed by atoms with E-state index >= 15 is 0 Å². The Morgan fingerprint density at radius 3 is 2.96 bits per heavy atom. The highest BCUT2D eigenvalue weighted by Gasteiger charge is 2.40. The van der Waals surface area contributed by atoms with Crippen molar-refractivity contribution in [1.82, 2.24) is 4.57 Å². The van der Waals surface area contributed by atoms with Crippen LogP contribution in [0.15, 0.2) is 41.4 Å². The summed E-state index contributed by atoms with van der Waals surface area (Å²) < 4.78 is 16.0. The highest BCUT2D eigenvalue weighted by molar-refractivity contribution is 6.31. The van der Waals surface area contributed by atoms with Crippen LogP contribution in [-0.4, -0.2) is 21.2 Å². The lowest BCUT2D eigenvalue weighted by Crippen LogP contribution is -2.48. The van der Waals surface area contributed by atoms with E-state index in [1.807, 2.05) is 22.8 Å². The van der Waals surface area contributed by atoms with Gasteiger partial charge in [0.25, 0.3) is 0 Å². The number of nitrogens with two attached hydrogens (primary N) is 1. The van der Waals surface area contributed by atoms with Crippen LogP contribution in [-0.2, 0) is 13.0 Å². The zero-order valence-corrected chi connectivity index (χ0v) is 14.5. The molecule has 132 valence electrons. The minimum absolute atomic E-state index is 0.198. The van der Waals surface area contributed by atoms with E-state index < -0.39 is 5.66 Å². The number of nitrogens with zero attached hydrogens (tertiary/aromatic N) is 2. The number of fused-ring (bicyclic) bond motifs is 4. The number of aromatic hydroxyl groups is 1. The average Bonchev–Trinajstić information content (AvgIpc) is 2.86. The number of hydrogen-bond acceptors (Lipinski definition) is 4. The standard InChI is InChI=1S/C19H16ClFN4O/c20-10-4-5-11-12(8-10)15-9-19(6-7-25(15)18(11)26)23-14-3-1-2-13(21)16(14)17(22)24-19/h1-5,8,23,26H,6-7,9H2,(H2,22,24)/t19-/m1/s1. The van der Waals surface area contributed by atoms with Crippen molar-refractivity contribution in [2.45, 2.75) is 25.0 Å². The Labute approximate surface area is 153 Å². The minimum Gasteiger partial charge on any atom is -0.494 e. The molecule has 1 atom stereocenters. The third kappa shape index (κ3) is 2.05. The predicted molar refractivity (Wildman–Crippen MR) is 100 cm³/mol. The van der Waals surface area contributed by atoms with Gasteiger partial charge in [0, 0.05) is 46.6 Å². The van der Waals surface area contributed by atoms with Gasteiger partial charge in [-0.1, -0.05) is 17.7 Å². The number of anilines is 1. The van der Waals surface area contributed by atoms with E-state index in [1.54, 1.807) is 12.1 Å². The van der Waals surface area contributed by atoms with Gasteiger partial charge < -0.3 is 20.7 Å². The molecule has 3 heterocycles. The summed E-state index contributed by atoms with van der Waals surface area (Å²) in [6, 6.07) is 10.3. The van der Waals surface area contributed by atoms with Crippen molar-refractivity contribution in [3.8, 4) is 5.88 Å². The molecule has 1 aromatic heterocycles. The number of rotatable bonds is 0. The second kappa shape index (κ2) is 5.14. The number of benzene rings is 2. The maximum atomic E-state index is 14.1. The van der Waals surface area contributed by atoms with Gasteiger partial charge in [-0.25, -0.2) is 9.38 Å². The van der Waals surface area contributed by atoms with E-state index in [9.17, 15) is 9.50 Å². The molecule has 0 saturated heterocycles. The van der Waals surface area contributed by atoms with E-state index in [1.165, 1.54) is 6.07 Å². The highest BCUT2D eigenvalue weighted by atomic mass is 35.5. The quantitative estimate of drug-likeness (QED) is 0.565. The Morgan fingerprint density at radius 1 is 1.27 bits per heavy atom. The number of halogens is 2. The molecule has 1 spiro atoms. The fraction of sp³-hybridized carbons (Fsp3) is 0.211. The van der Waals surface area contributed by atoms with Crippen molar-refractivity contribution >= 4 is 33.9 Å². The molecule has 0 saturated carbocycles. The van der Waals surface area contributed by atoms with Gasteiger partial charge in [-0.05, 0) is 30.3 Å². The van der Waals surface area contributed by atoms with Gasteiger partial charge in [0.05, 0.1) is 5.56 Å². The lowest BCUT2D eigenvalue weighted by molar-refractivity contribution is 0.331. The lowest BCUT2D eigenvalue weighted by atomic mass is 9.92. The van der Waals surface area contributed by atoms with E-state index in [4.69, 9.17) is 17.3 Å². The van der Waals surface area contributed by atoms with Crippen LogP contribution in [0.2, 0.25) is 5.02 Å². The molecule has 2 aliphatic heterocycles. The summed E-state index contributed by atoms with van der Waals surface area (Å²) in [6.07, 6.45) is 1.14. The van der Waals surface area contributed by atoms with Crippen LogP contribution in [0.3, 0.4) is 0 Å². The fourth-order valence-corrected chi connectivity index (χ4v) is 4.29. The smallest absolute Gasteiger partial charge is 0.199 e. The summed E-state index contributed by atoms with van der Waals surface area (Å²) in [4.78, 5) is 4.63. The Hall–Kier alpha value is -2.73. The molecule has 3 aromatic rings. The van der Waals surface area contributed by atoms with Crippen LogP contribution in [0.5, 0.6) is 5.88 Å². The molecular weight excluding hydrogens is 355 g/mol. The number of aliphatic imine (C=N–C) groups is 1. The third-order valence-electron chi connectivity index (χ3n) is 5.30. The Kier molecular flexibility index (Phi) is 3.07. The Morgan fingerprint density at radius 2 is 2.12 bits per heavy atom. The second-order valence-electron chi connectivity index (χ2n) is 6.85. The van der Waals surface area contributed by atoms with Gasteiger partial charge in [0.2, 0.25) is 0 Å². The molecule has 5 rings (SSSR count). The summed E-state index contributed by atoms with van der Waals surface area (Å²) in [5.74, 6) is 0.0456. The van der Waals surface area contributed by atoms with Crippen molar-refractivity contribution < 1.29 is 9.50 Å². The van der Waals surface area contributed by atoms with E-state index in [0.29, 0.717) is 35.7 Å². The number of amidine groups is 1. The Bertz CT molecular complexity index is 1110. The largest absolute Gasteiger partial charge is 0.494 e. The van der Waals surface area contributed by atoms with Crippen molar-refractivity contribution in [2.24, 2.45) is 10.7 Å². The summed E-state index contributed by atoms with van der Waals surface area (Å²) in [7, 11) is 0. The van der Waals surface area contributed by atoms with Crippen molar-refractivity contribution in [1.29, 1.82) is 0 Å². The van der Waals surface area contributed by atoms with Crippen molar-refractivity contribution in [3.05, 3.63) is 58.5 Å². The maximum absolute atomic E-state index is 14.1. The molecule has 0 unspecified atom stereocenters. The first-order valence-corrected chi connectivity index (χ1v) is 8.77. The van der Waals surface area contributed by atoms with E-state index in [2.05, 4.69) is 10.3 Å². The van der Waals surface area contributed by atoms with Gasteiger partial charge in [-0.2, -0.15) is 0 Å². The van der Waals surface area contributed by atoms with Crippen LogP contribution < -0.4 is 11.1 Å². The van der Waals surface area contributed by atoms with Gasteiger partial charge in [-0.3, -0.25) is 0 Å². The van der Waals surface area contributed by atoms with Gasteiger partial charge in [0.15, 0.2) is 5.88 Å². The number of nitrogens with one attached hydrogen (secondary N) is 1. The van der Waals surface area contributed by atoms with Crippen molar-refractivity contribution in [2.75, 3.05) is 5.32 Å². The summed E-state index contributed by atoms with van der Waals surface area (Å²) in [5.41, 5.74) is 7.34. The van der Waals surface area contributed by atoms with Crippen LogP contribution >= 0.6 is 11.6 Å². The summed E-state index contributed by atoms with van der Waals surface area (Å²) >= 11 is 6.16. The third-order valence-corrected chi connectivity index (χ3v) is 5.53. The molecule has 0 bridgehead atoms. The first kappa shape index (κ1) is 15.5. The summed E-state index contributed by atoms with van der Waals surface area (Å²) in [6.45, 7) is 0.571. The van der Waals surface area contributed by atoms with E-state index in [0.717, 1.165) is 16.5 Å². The second-order valence-corrected chi connectivity index (χ2v) is 7.29. The SMILES string of the molecule is NC1=N[C@@]2(CCn3c(O)c4ccc(Cl)cc4c3C2)Nc2cccc(F)c21. The Balaban J connectivity index is 1.66. The molecule has 0 fully saturated rings. The van der Waals surface area contributed by atoms with Gasteiger partial charge in [0.1, 0.15) is 17.3 Å². The molecule has 26 heavy (non-hydrogen) atoms. The monoisotopic (exact) mass is 370 g/mol. The maximum Gasteiger partial charge on any atom is 0.199 e. The van der Waals surface area contributed by atoms with Crippen LogP contribution in [0, 0.1) is 5.82 Å². The molecule has 4 N–H and O–H groups in total. The van der Waals surface area contributed by atoms with Gasteiger partial charge >= 0.3 is 0 Å². The first-order valence-electron chi connectivity index (χ1n) is 8.39. The highest BCUT2D eigenvalue weighted by Crippen LogP contribution is 2.42. The zero-order chi connectivity index (χ0) is 18.1. The number of hydrogen-bond donors (Lipinski definition) is 3. The number of aromatic nitrogens is 1. The molecule has 0 radical (unpaired) electrons. The zero-order valence-electron chi connectivity index (χ0n) is 13.8. The lowest BCUT2D eigenvalue weighted by Gasteiger charge is -2.40. The molecule has 0 amide bonds. The normalized spacial score (nSPS) is 21.2. The average molecular weight is 371 g/mol. The van der Waals surface area contributed by atoms with Crippen molar-refractivity contribution in [3.63, 3.8) is 0 Å². The molecule has 0 aliphatic carbocycles. The molecule has 5 nitrogen and oxygen atoms in total. The summed E-state index contributed by atoms with van der Waals surface area (Å²) in [5, 5.41) is 16.2. The first-order chi connectivity index (χ1) is 12.5. The van der Waals surface area contributed by atoms with Crippen LogP contribution in [0.25, 0.3) is 10.8 Å². The molecule has 2 aliphatic rings. The minimum atomic E-state index is -0.666. The molecular formula is C19H16ClFN4O.